The third-order valence-corrected chi connectivity index (χ3v) is 5.97. The number of nitrogens with zero attached hydrogens (tertiary/aromatic N) is 1. The van der Waals surface area contributed by atoms with Gasteiger partial charge in [0.25, 0.3) is 10.0 Å². The molecule has 3 aromatic carbocycles. The number of halogens is 1. The number of carbonyl (C=O) groups excluding carboxylic acids is 1. The van der Waals surface area contributed by atoms with Crippen molar-refractivity contribution in [3.05, 3.63) is 84.7 Å². The Morgan fingerprint density at radius 2 is 1.60 bits per heavy atom. The molecule has 1 amide bonds. The molecule has 1 N–H and O–H groups in total. The van der Waals surface area contributed by atoms with Gasteiger partial charge in [-0.05, 0) is 67.6 Å². The van der Waals surface area contributed by atoms with Crippen LogP contribution >= 0.6 is 0 Å². The number of amides is 1. The van der Waals surface area contributed by atoms with Crippen LogP contribution in [0.4, 0.5) is 15.8 Å². The summed E-state index contributed by atoms with van der Waals surface area (Å²) in [7, 11) is -4.02. The van der Waals surface area contributed by atoms with Crippen LogP contribution in [0.2, 0.25) is 0 Å². The molecule has 0 atom stereocenters. The Kier molecular flexibility index (Phi) is 6.68. The van der Waals surface area contributed by atoms with E-state index in [4.69, 9.17) is 4.74 Å². The average Bonchev–Trinajstić information content (AvgIpc) is 2.75. The molecule has 0 radical (unpaired) electrons. The molecule has 0 fully saturated rings. The summed E-state index contributed by atoms with van der Waals surface area (Å²) < 4.78 is 46.0. The minimum absolute atomic E-state index is 0.0318. The van der Waals surface area contributed by atoms with Crippen molar-refractivity contribution in [2.24, 2.45) is 0 Å². The quantitative estimate of drug-likeness (QED) is 0.587. The van der Waals surface area contributed by atoms with E-state index in [0.29, 0.717) is 23.7 Å². The molecule has 0 unspecified atom stereocenters. The maximum Gasteiger partial charge on any atom is 0.264 e. The highest BCUT2D eigenvalue weighted by molar-refractivity contribution is 7.92. The minimum Gasteiger partial charge on any atom is -0.494 e. The van der Waals surface area contributed by atoms with Crippen molar-refractivity contribution in [1.82, 2.24) is 0 Å². The van der Waals surface area contributed by atoms with E-state index >= 15 is 0 Å². The molecule has 0 aliphatic carbocycles. The van der Waals surface area contributed by atoms with Gasteiger partial charge in [0.05, 0.1) is 17.2 Å². The predicted molar refractivity (Wildman–Crippen MR) is 114 cm³/mol. The van der Waals surface area contributed by atoms with Crippen molar-refractivity contribution < 1.29 is 22.3 Å². The first-order chi connectivity index (χ1) is 14.4. The molecule has 0 aliphatic heterocycles. The fraction of sp³-hybridized carbons (Fsp3) is 0.136. The van der Waals surface area contributed by atoms with Crippen molar-refractivity contribution in [3.63, 3.8) is 0 Å². The lowest BCUT2D eigenvalue weighted by Crippen LogP contribution is -2.38. The Bertz CT molecular complexity index is 1090. The van der Waals surface area contributed by atoms with Gasteiger partial charge >= 0.3 is 0 Å². The second-order valence-corrected chi connectivity index (χ2v) is 8.17. The summed E-state index contributed by atoms with van der Waals surface area (Å²) in [6.07, 6.45) is 0. The molecule has 6 nitrogen and oxygen atoms in total. The Balaban J connectivity index is 1.88. The number of hydrogen-bond acceptors (Lipinski definition) is 4. The van der Waals surface area contributed by atoms with E-state index in [1.165, 1.54) is 36.4 Å². The number of benzene rings is 3. The van der Waals surface area contributed by atoms with Gasteiger partial charge in [0, 0.05) is 5.69 Å². The number of rotatable bonds is 8. The van der Waals surface area contributed by atoms with Gasteiger partial charge in [0.2, 0.25) is 5.91 Å². The fourth-order valence-electron chi connectivity index (χ4n) is 2.78. The molecule has 0 bridgehead atoms. The van der Waals surface area contributed by atoms with Gasteiger partial charge in [-0.2, -0.15) is 0 Å². The van der Waals surface area contributed by atoms with E-state index in [1.54, 1.807) is 42.5 Å². The van der Waals surface area contributed by atoms with Crippen LogP contribution in [0.3, 0.4) is 0 Å². The molecule has 0 saturated carbocycles. The Labute approximate surface area is 175 Å². The molecule has 8 heteroatoms. The Morgan fingerprint density at radius 3 is 2.20 bits per heavy atom. The van der Waals surface area contributed by atoms with Gasteiger partial charge in [0.1, 0.15) is 18.1 Å². The topological polar surface area (TPSA) is 75.7 Å². The number of anilines is 2. The lowest BCUT2D eigenvalue weighted by atomic mass is 10.3. The van der Waals surface area contributed by atoms with Gasteiger partial charge in [-0.15, -0.1) is 0 Å². The zero-order valence-electron chi connectivity index (χ0n) is 16.3. The summed E-state index contributed by atoms with van der Waals surface area (Å²) in [6.45, 7) is 1.85. The summed E-state index contributed by atoms with van der Waals surface area (Å²) in [5.41, 5.74) is 0.716. The van der Waals surface area contributed by atoms with Crippen LogP contribution in [0.5, 0.6) is 5.75 Å². The molecule has 156 valence electrons. The van der Waals surface area contributed by atoms with E-state index in [-0.39, 0.29) is 4.90 Å². The summed E-state index contributed by atoms with van der Waals surface area (Å²) in [5.74, 6) is -0.436. The Hall–Kier alpha value is -3.39. The predicted octanol–water partition coefficient (Wildman–Crippen LogP) is 4.06. The molecule has 3 aromatic rings. The van der Waals surface area contributed by atoms with E-state index in [0.717, 1.165) is 4.31 Å². The van der Waals surface area contributed by atoms with Crippen molar-refractivity contribution in [3.8, 4) is 5.75 Å². The van der Waals surface area contributed by atoms with Gasteiger partial charge in [-0.1, -0.05) is 18.2 Å². The van der Waals surface area contributed by atoms with Crippen molar-refractivity contribution in [2.45, 2.75) is 11.8 Å². The smallest absolute Gasteiger partial charge is 0.264 e. The lowest BCUT2D eigenvalue weighted by molar-refractivity contribution is -0.114. The first-order valence-electron chi connectivity index (χ1n) is 9.26. The largest absolute Gasteiger partial charge is 0.494 e. The van der Waals surface area contributed by atoms with Crippen LogP contribution in [0.1, 0.15) is 6.92 Å². The first-order valence-corrected chi connectivity index (χ1v) is 10.7. The molecule has 0 aromatic heterocycles. The number of carbonyl (C=O) groups is 1. The third kappa shape index (κ3) is 5.15. The average molecular weight is 428 g/mol. The number of sulfonamides is 1. The monoisotopic (exact) mass is 428 g/mol. The third-order valence-electron chi connectivity index (χ3n) is 4.18. The molecule has 0 aliphatic rings. The standard InChI is InChI=1S/C22H21FN2O4S/c1-2-29-20-12-14-21(15-13-20)30(27,28)25(19-6-4-3-5-7-19)16-22(26)24-18-10-8-17(23)9-11-18/h3-15H,2,16H2,1H3,(H,24,26). The second-order valence-electron chi connectivity index (χ2n) is 6.31. The summed E-state index contributed by atoms with van der Waals surface area (Å²) in [4.78, 5) is 12.6. The van der Waals surface area contributed by atoms with Gasteiger partial charge in [-0.25, -0.2) is 12.8 Å². The van der Waals surface area contributed by atoms with Crippen molar-refractivity contribution in [1.29, 1.82) is 0 Å². The highest BCUT2D eigenvalue weighted by Crippen LogP contribution is 2.25. The maximum atomic E-state index is 13.3. The van der Waals surface area contributed by atoms with Crippen LogP contribution in [0.25, 0.3) is 0 Å². The highest BCUT2D eigenvalue weighted by Gasteiger charge is 2.27. The molecule has 0 saturated heterocycles. The molecule has 0 heterocycles. The van der Waals surface area contributed by atoms with Gasteiger partial charge in [-0.3, -0.25) is 9.10 Å². The van der Waals surface area contributed by atoms with Crippen LogP contribution < -0.4 is 14.4 Å². The van der Waals surface area contributed by atoms with Crippen LogP contribution in [-0.4, -0.2) is 27.5 Å². The molecule has 0 spiro atoms. The summed E-state index contributed by atoms with van der Waals surface area (Å²) in [5, 5.41) is 2.59. The second kappa shape index (κ2) is 9.41. The minimum atomic E-state index is -4.02. The SMILES string of the molecule is CCOc1ccc(S(=O)(=O)N(CC(=O)Nc2ccc(F)cc2)c2ccccc2)cc1. The van der Waals surface area contributed by atoms with E-state index in [1.807, 2.05) is 6.92 Å². The first kappa shape index (κ1) is 21.3. The summed E-state index contributed by atoms with van der Waals surface area (Å²) in [6, 6.07) is 19.6. The molecular weight excluding hydrogens is 407 g/mol. The Morgan fingerprint density at radius 1 is 0.967 bits per heavy atom. The zero-order valence-corrected chi connectivity index (χ0v) is 17.1. The molecule has 3 rings (SSSR count). The maximum absolute atomic E-state index is 13.3. The highest BCUT2D eigenvalue weighted by atomic mass is 32.2. The van der Waals surface area contributed by atoms with Crippen molar-refractivity contribution >= 4 is 27.3 Å². The zero-order chi connectivity index (χ0) is 21.6. The van der Waals surface area contributed by atoms with Gasteiger partial charge in [0.15, 0.2) is 0 Å². The number of para-hydroxylation sites is 1. The van der Waals surface area contributed by atoms with Crippen LogP contribution in [0, 0.1) is 5.82 Å². The number of nitrogens with one attached hydrogen (secondary N) is 1. The number of ether oxygens (including phenoxy) is 1. The van der Waals surface area contributed by atoms with Crippen LogP contribution in [0.15, 0.2) is 83.8 Å². The van der Waals surface area contributed by atoms with E-state index < -0.39 is 28.3 Å². The molecule has 30 heavy (non-hydrogen) atoms. The van der Waals surface area contributed by atoms with E-state index in [9.17, 15) is 17.6 Å². The normalized spacial score (nSPS) is 11.0. The lowest BCUT2D eigenvalue weighted by Gasteiger charge is -2.24. The fourth-order valence-corrected chi connectivity index (χ4v) is 4.20. The van der Waals surface area contributed by atoms with E-state index in [2.05, 4.69) is 5.32 Å². The van der Waals surface area contributed by atoms with Crippen LogP contribution in [-0.2, 0) is 14.8 Å². The summed E-state index contributed by atoms with van der Waals surface area (Å²) >= 11 is 0. The molecular formula is C22H21FN2O4S. The number of hydrogen-bond donors (Lipinski definition) is 1. The van der Waals surface area contributed by atoms with Crippen molar-refractivity contribution in [2.75, 3.05) is 22.8 Å². The van der Waals surface area contributed by atoms with Gasteiger partial charge < -0.3 is 10.1 Å².